The Morgan fingerprint density at radius 1 is 1.06 bits per heavy atom. The Kier molecular flexibility index (Phi) is 5.71. The number of hydrogen-bond acceptors (Lipinski definition) is 6. The molecule has 2 atom stereocenters. The molecule has 5 rings (SSSR count). The molecular formula is C23H30N4O3S. The zero-order chi connectivity index (χ0) is 21.4. The predicted molar refractivity (Wildman–Crippen MR) is 118 cm³/mol. The Bertz CT molecular complexity index is 1010. The first-order valence-electron chi connectivity index (χ1n) is 11.3. The number of hydrogen-bond donors (Lipinski definition) is 0. The Morgan fingerprint density at radius 2 is 1.87 bits per heavy atom. The van der Waals surface area contributed by atoms with Crippen LogP contribution in [0.2, 0.25) is 0 Å². The molecule has 7 nitrogen and oxygen atoms in total. The minimum atomic E-state index is -3.47. The standard InChI is InChI=1S/C23H30N4O3S/c1-2-3-17-4-8-21(9-5-17)31(28,29)27-11-10-26-16-20(12-19(26)15-27)30-23-14-24-22(13-25-23)18-6-7-18/h4-5,8-9,13-14,18-20H,2-3,6-7,10-12,15-16H2,1H3/t19-,20+/m0/s1. The molecule has 1 aromatic heterocycles. The maximum atomic E-state index is 13.2. The third-order valence-electron chi connectivity index (χ3n) is 6.57. The molecule has 3 fully saturated rings. The third kappa shape index (κ3) is 4.47. The molecule has 2 aromatic rings. The van der Waals surface area contributed by atoms with E-state index in [2.05, 4.69) is 21.8 Å². The van der Waals surface area contributed by atoms with Crippen LogP contribution in [0.15, 0.2) is 41.6 Å². The molecule has 166 valence electrons. The Morgan fingerprint density at radius 3 is 2.55 bits per heavy atom. The van der Waals surface area contributed by atoms with Crippen molar-refractivity contribution in [1.29, 1.82) is 0 Å². The lowest BCUT2D eigenvalue weighted by Crippen LogP contribution is -2.51. The fraction of sp³-hybridized carbons (Fsp3) is 0.565. The first-order chi connectivity index (χ1) is 15.0. The van der Waals surface area contributed by atoms with E-state index in [9.17, 15) is 8.42 Å². The topological polar surface area (TPSA) is 75.6 Å². The van der Waals surface area contributed by atoms with E-state index in [1.165, 1.54) is 18.4 Å². The van der Waals surface area contributed by atoms with Gasteiger partial charge in [0, 0.05) is 44.6 Å². The minimum absolute atomic E-state index is 0.0158. The van der Waals surface area contributed by atoms with Crippen molar-refractivity contribution in [1.82, 2.24) is 19.2 Å². The summed E-state index contributed by atoms with van der Waals surface area (Å²) >= 11 is 0. The highest BCUT2D eigenvalue weighted by atomic mass is 32.2. The Labute approximate surface area is 184 Å². The maximum Gasteiger partial charge on any atom is 0.243 e. The number of ether oxygens (including phenoxy) is 1. The summed E-state index contributed by atoms with van der Waals surface area (Å²) in [5, 5.41) is 0. The number of fused-ring (bicyclic) bond motifs is 1. The summed E-state index contributed by atoms with van der Waals surface area (Å²) in [6.45, 7) is 4.67. The monoisotopic (exact) mass is 442 g/mol. The first-order valence-corrected chi connectivity index (χ1v) is 12.8. The van der Waals surface area contributed by atoms with E-state index in [1.807, 2.05) is 18.3 Å². The van der Waals surface area contributed by atoms with Gasteiger partial charge in [0.2, 0.25) is 15.9 Å². The highest BCUT2D eigenvalue weighted by Gasteiger charge is 2.41. The van der Waals surface area contributed by atoms with Crippen LogP contribution >= 0.6 is 0 Å². The van der Waals surface area contributed by atoms with Crippen molar-refractivity contribution in [3.8, 4) is 5.88 Å². The van der Waals surface area contributed by atoms with Gasteiger partial charge in [0.1, 0.15) is 6.10 Å². The van der Waals surface area contributed by atoms with E-state index in [0.717, 1.165) is 38.0 Å². The lowest BCUT2D eigenvalue weighted by Gasteiger charge is -2.36. The summed E-state index contributed by atoms with van der Waals surface area (Å²) in [6.07, 6.45) is 8.80. The van der Waals surface area contributed by atoms with Crippen LogP contribution in [-0.2, 0) is 16.4 Å². The lowest BCUT2D eigenvalue weighted by molar-refractivity contribution is 0.151. The van der Waals surface area contributed by atoms with E-state index in [1.54, 1.807) is 22.6 Å². The predicted octanol–water partition coefficient (Wildman–Crippen LogP) is 2.83. The molecule has 0 amide bonds. The van der Waals surface area contributed by atoms with E-state index in [-0.39, 0.29) is 12.1 Å². The van der Waals surface area contributed by atoms with E-state index < -0.39 is 10.0 Å². The molecule has 0 spiro atoms. The molecule has 1 aromatic carbocycles. The van der Waals surface area contributed by atoms with Gasteiger partial charge in [0.25, 0.3) is 0 Å². The molecule has 8 heteroatoms. The van der Waals surface area contributed by atoms with Crippen LogP contribution in [0.5, 0.6) is 5.88 Å². The number of benzene rings is 1. The summed E-state index contributed by atoms with van der Waals surface area (Å²) < 4.78 is 34.1. The second-order valence-electron chi connectivity index (χ2n) is 8.94. The van der Waals surface area contributed by atoms with Crippen molar-refractivity contribution in [3.63, 3.8) is 0 Å². The minimum Gasteiger partial charge on any atom is -0.472 e. The Hall–Kier alpha value is -2.03. The number of aryl methyl sites for hydroxylation is 1. The number of aromatic nitrogens is 2. The molecule has 2 saturated heterocycles. The van der Waals surface area contributed by atoms with Gasteiger partial charge in [-0.15, -0.1) is 0 Å². The van der Waals surface area contributed by atoms with Gasteiger partial charge < -0.3 is 4.74 Å². The van der Waals surface area contributed by atoms with Gasteiger partial charge in [-0.25, -0.2) is 13.4 Å². The van der Waals surface area contributed by atoms with Crippen LogP contribution in [0, 0.1) is 0 Å². The SMILES string of the molecule is CCCc1ccc(S(=O)(=O)N2CCN3C[C@H](Oc4cnc(C5CC5)cn4)C[C@H]3C2)cc1. The summed E-state index contributed by atoms with van der Waals surface area (Å²) in [6, 6.07) is 7.53. The second-order valence-corrected chi connectivity index (χ2v) is 10.9. The van der Waals surface area contributed by atoms with Crippen LogP contribution in [0.3, 0.4) is 0 Å². The highest BCUT2D eigenvalue weighted by Crippen LogP contribution is 2.38. The molecule has 1 aliphatic carbocycles. The average Bonchev–Trinajstić information content (AvgIpc) is 3.54. The van der Waals surface area contributed by atoms with Crippen molar-refractivity contribution in [2.24, 2.45) is 0 Å². The second kappa shape index (κ2) is 8.48. The summed E-state index contributed by atoms with van der Waals surface area (Å²) in [4.78, 5) is 11.6. The fourth-order valence-electron chi connectivity index (χ4n) is 4.69. The smallest absolute Gasteiger partial charge is 0.243 e. The molecule has 2 aliphatic heterocycles. The molecule has 0 bridgehead atoms. The van der Waals surface area contributed by atoms with Gasteiger partial charge in [-0.05, 0) is 37.0 Å². The number of rotatable bonds is 7. The largest absolute Gasteiger partial charge is 0.472 e. The molecule has 31 heavy (non-hydrogen) atoms. The van der Waals surface area contributed by atoms with Crippen LogP contribution < -0.4 is 4.74 Å². The zero-order valence-electron chi connectivity index (χ0n) is 18.0. The summed E-state index contributed by atoms with van der Waals surface area (Å²) in [5.41, 5.74) is 2.23. The van der Waals surface area contributed by atoms with Gasteiger partial charge in [-0.1, -0.05) is 25.5 Å². The van der Waals surface area contributed by atoms with Crippen LogP contribution in [0.25, 0.3) is 0 Å². The van der Waals surface area contributed by atoms with Crippen molar-refractivity contribution in [3.05, 3.63) is 47.9 Å². The zero-order valence-corrected chi connectivity index (χ0v) is 18.8. The van der Waals surface area contributed by atoms with Gasteiger partial charge in [0.15, 0.2) is 0 Å². The highest BCUT2D eigenvalue weighted by molar-refractivity contribution is 7.89. The quantitative estimate of drug-likeness (QED) is 0.656. The number of sulfonamides is 1. The number of nitrogens with zero attached hydrogens (tertiary/aromatic N) is 4. The van der Waals surface area contributed by atoms with Gasteiger partial charge in [-0.3, -0.25) is 9.88 Å². The van der Waals surface area contributed by atoms with Crippen LogP contribution in [0.1, 0.15) is 49.8 Å². The third-order valence-corrected chi connectivity index (χ3v) is 8.45. The molecule has 0 unspecified atom stereocenters. The lowest BCUT2D eigenvalue weighted by atomic mass is 10.1. The fourth-order valence-corrected chi connectivity index (χ4v) is 6.15. The molecule has 0 N–H and O–H groups in total. The normalized spacial score (nSPS) is 24.8. The molecule has 3 aliphatic rings. The van der Waals surface area contributed by atoms with Crippen molar-refractivity contribution in [2.45, 2.75) is 62.0 Å². The molecule has 0 radical (unpaired) electrons. The molecular weight excluding hydrogens is 412 g/mol. The van der Waals surface area contributed by atoms with Crippen LogP contribution in [-0.4, -0.2) is 65.9 Å². The summed E-state index contributed by atoms with van der Waals surface area (Å²) in [7, 11) is -3.47. The maximum absolute atomic E-state index is 13.2. The van der Waals surface area contributed by atoms with E-state index in [4.69, 9.17) is 4.74 Å². The molecule has 3 heterocycles. The number of piperazine rings is 1. The van der Waals surface area contributed by atoms with Crippen LogP contribution in [0.4, 0.5) is 0 Å². The van der Waals surface area contributed by atoms with Crippen molar-refractivity contribution in [2.75, 3.05) is 26.2 Å². The van der Waals surface area contributed by atoms with Crippen molar-refractivity contribution >= 4 is 10.0 Å². The first kappa shape index (κ1) is 20.8. The van der Waals surface area contributed by atoms with Gasteiger partial charge in [-0.2, -0.15) is 4.31 Å². The van der Waals surface area contributed by atoms with Gasteiger partial charge in [0.05, 0.1) is 23.0 Å². The molecule has 1 saturated carbocycles. The van der Waals surface area contributed by atoms with E-state index in [0.29, 0.717) is 29.8 Å². The van der Waals surface area contributed by atoms with Crippen molar-refractivity contribution < 1.29 is 13.2 Å². The summed E-state index contributed by atoms with van der Waals surface area (Å²) in [5.74, 6) is 1.14. The van der Waals surface area contributed by atoms with E-state index >= 15 is 0 Å². The Balaban J connectivity index is 1.21. The average molecular weight is 443 g/mol. The van der Waals surface area contributed by atoms with Gasteiger partial charge >= 0.3 is 0 Å².